The van der Waals surface area contributed by atoms with Gasteiger partial charge >= 0.3 is 6.18 Å². The smallest absolute Gasteiger partial charge is 0.410 e. The third-order valence-electron chi connectivity index (χ3n) is 6.95. The van der Waals surface area contributed by atoms with Crippen molar-refractivity contribution in [2.24, 2.45) is 0 Å². The molecule has 1 amide bonds. The first-order valence-electron chi connectivity index (χ1n) is 13.5. The lowest BCUT2D eigenvalue weighted by Gasteiger charge is -2.33. The van der Waals surface area contributed by atoms with Crippen molar-refractivity contribution in [1.29, 1.82) is 0 Å². The van der Waals surface area contributed by atoms with Crippen molar-refractivity contribution in [3.8, 4) is 23.0 Å². The van der Waals surface area contributed by atoms with Crippen LogP contribution in [-0.2, 0) is 0 Å². The average Bonchev–Trinajstić information content (AvgIpc) is 3.35. The molecule has 5 aromatic rings. The van der Waals surface area contributed by atoms with Gasteiger partial charge in [0.05, 0.1) is 6.04 Å². The van der Waals surface area contributed by atoms with Gasteiger partial charge in [0.2, 0.25) is 0 Å². The lowest BCUT2D eigenvalue weighted by molar-refractivity contribution is -0.173. The van der Waals surface area contributed by atoms with Crippen molar-refractivity contribution >= 4 is 29.0 Å². The van der Waals surface area contributed by atoms with Crippen LogP contribution < -0.4 is 20.1 Å². The molecule has 7 nitrogen and oxygen atoms in total. The van der Waals surface area contributed by atoms with E-state index in [1.807, 2.05) is 0 Å². The van der Waals surface area contributed by atoms with Gasteiger partial charge < -0.3 is 20.1 Å². The van der Waals surface area contributed by atoms with E-state index < -0.39 is 41.5 Å². The number of nitrogens with zero attached hydrogens (tertiary/aromatic N) is 2. The van der Waals surface area contributed by atoms with E-state index in [1.165, 1.54) is 66.7 Å². The van der Waals surface area contributed by atoms with Gasteiger partial charge in [-0.25, -0.2) is 13.5 Å². The minimum absolute atomic E-state index is 0.112. The Bertz CT molecular complexity index is 1770. The van der Waals surface area contributed by atoms with Gasteiger partial charge in [-0.3, -0.25) is 4.79 Å². The first-order chi connectivity index (χ1) is 21.5. The second-order valence-electron chi connectivity index (χ2n) is 10.1. The van der Waals surface area contributed by atoms with Gasteiger partial charge in [0.15, 0.2) is 11.7 Å². The fourth-order valence-electron chi connectivity index (χ4n) is 4.87. The number of alkyl halides is 3. The minimum atomic E-state index is -4.68. The molecule has 0 saturated heterocycles. The molecule has 1 aromatic heterocycles. The summed E-state index contributed by atoms with van der Waals surface area (Å²) >= 11 is 6.49. The number of aromatic nitrogens is 2. The number of fused-ring (bicyclic) bond motifs is 1. The number of halogens is 6. The number of rotatable bonds is 7. The van der Waals surface area contributed by atoms with Crippen molar-refractivity contribution in [1.82, 2.24) is 9.78 Å². The zero-order chi connectivity index (χ0) is 31.7. The van der Waals surface area contributed by atoms with Gasteiger partial charge in [0, 0.05) is 30.3 Å². The van der Waals surface area contributed by atoms with Gasteiger partial charge in [-0.05, 0) is 54.1 Å². The maximum atomic E-state index is 14.2. The van der Waals surface area contributed by atoms with Gasteiger partial charge in [0.25, 0.3) is 5.91 Å². The molecule has 0 radical (unpaired) electrons. The standard InChI is InChI=1S/C32H22ClF5N4O3/c33-28-29(41-42-27(32(36,37)38)17-26(40-30(28)42)18-4-2-1-3-5-18)31(43)39-21-14-24(44-22-10-6-19(34)7-11-22)16-25(15-21)45-23-12-8-20(35)9-13-23/h1-16,26-27,40H,17H2,(H,39,43)/t26-,27-/m1/s1. The van der Waals surface area contributed by atoms with Crippen LogP contribution in [0.2, 0.25) is 5.02 Å². The Morgan fingerprint density at radius 1 is 0.844 bits per heavy atom. The number of carbonyl (C=O) groups is 1. The number of anilines is 2. The van der Waals surface area contributed by atoms with Crippen LogP contribution in [0.5, 0.6) is 23.0 Å². The Kier molecular flexibility index (Phi) is 8.07. The van der Waals surface area contributed by atoms with Gasteiger partial charge in [-0.15, -0.1) is 0 Å². The Morgan fingerprint density at radius 2 is 1.40 bits per heavy atom. The summed E-state index contributed by atoms with van der Waals surface area (Å²) in [5.74, 6) is -1.11. The van der Waals surface area contributed by atoms with Crippen LogP contribution in [-0.4, -0.2) is 21.9 Å². The molecule has 0 fully saturated rings. The van der Waals surface area contributed by atoms with E-state index in [1.54, 1.807) is 30.3 Å². The van der Waals surface area contributed by atoms with Crippen LogP contribution in [0.25, 0.3) is 0 Å². The Morgan fingerprint density at radius 3 is 1.93 bits per heavy atom. The van der Waals surface area contributed by atoms with Gasteiger partial charge in [-0.2, -0.15) is 18.3 Å². The number of hydrogen-bond acceptors (Lipinski definition) is 5. The Labute approximate surface area is 258 Å². The molecule has 45 heavy (non-hydrogen) atoms. The summed E-state index contributed by atoms with van der Waals surface area (Å²) in [4.78, 5) is 13.4. The van der Waals surface area contributed by atoms with E-state index in [9.17, 15) is 26.7 Å². The van der Waals surface area contributed by atoms with Crippen LogP contribution >= 0.6 is 11.6 Å². The van der Waals surface area contributed by atoms with Crippen molar-refractivity contribution < 1.29 is 36.2 Å². The number of ether oxygens (including phenoxy) is 2. The SMILES string of the molecule is O=C(Nc1cc(Oc2ccc(F)cc2)cc(Oc2ccc(F)cc2)c1)c1nn2c(c1Cl)N[C@@H](c1ccccc1)C[C@@H]2C(F)(F)F. The summed E-state index contributed by atoms with van der Waals surface area (Å²) in [6, 6.07) is 20.5. The van der Waals surface area contributed by atoms with Crippen molar-refractivity contribution in [2.45, 2.75) is 24.7 Å². The van der Waals surface area contributed by atoms with Crippen LogP contribution in [0, 0.1) is 11.6 Å². The van der Waals surface area contributed by atoms with Crippen molar-refractivity contribution in [3.05, 3.63) is 125 Å². The van der Waals surface area contributed by atoms with Crippen LogP contribution in [0.4, 0.5) is 33.5 Å². The van der Waals surface area contributed by atoms with E-state index in [2.05, 4.69) is 15.7 Å². The molecule has 0 bridgehead atoms. The quantitative estimate of drug-likeness (QED) is 0.173. The van der Waals surface area contributed by atoms with E-state index in [4.69, 9.17) is 21.1 Å². The minimum Gasteiger partial charge on any atom is -0.457 e. The van der Waals surface area contributed by atoms with E-state index in [0.29, 0.717) is 10.2 Å². The lowest BCUT2D eigenvalue weighted by Crippen LogP contribution is -2.35. The normalized spacial score (nSPS) is 16.0. The van der Waals surface area contributed by atoms with Crippen molar-refractivity contribution in [2.75, 3.05) is 10.6 Å². The fourth-order valence-corrected chi connectivity index (χ4v) is 5.13. The zero-order valence-electron chi connectivity index (χ0n) is 23.0. The molecule has 0 saturated carbocycles. The predicted molar refractivity (Wildman–Crippen MR) is 157 cm³/mol. The molecule has 230 valence electrons. The highest BCUT2D eigenvalue weighted by Crippen LogP contribution is 2.46. The maximum Gasteiger partial charge on any atom is 0.410 e. The maximum absolute atomic E-state index is 14.2. The first kappa shape index (κ1) is 29.9. The second-order valence-corrected chi connectivity index (χ2v) is 10.5. The molecule has 0 spiro atoms. The number of nitrogens with one attached hydrogen (secondary N) is 2. The van der Waals surface area contributed by atoms with Gasteiger partial charge in [0.1, 0.15) is 45.5 Å². The van der Waals surface area contributed by atoms with Gasteiger partial charge in [-0.1, -0.05) is 41.9 Å². The first-order valence-corrected chi connectivity index (χ1v) is 13.9. The zero-order valence-corrected chi connectivity index (χ0v) is 23.7. The monoisotopic (exact) mass is 640 g/mol. The molecule has 13 heteroatoms. The molecule has 1 aliphatic rings. The number of hydrogen-bond donors (Lipinski definition) is 2. The molecule has 0 aliphatic carbocycles. The van der Waals surface area contributed by atoms with Crippen molar-refractivity contribution in [3.63, 3.8) is 0 Å². The van der Waals surface area contributed by atoms with Crippen LogP contribution in [0.15, 0.2) is 97.1 Å². The molecule has 2 N–H and O–H groups in total. The lowest BCUT2D eigenvalue weighted by atomic mass is 9.97. The Balaban J connectivity index is 1.31. The highest BCUT2D eigenvalue weighted by atomic mass is 35.5. The average molecular weight is 641 g/mol. The van der Waals surface area contributed by atoms with E-state index in [-0.39, 0.29) is 45.9 Å². The van der Waals surface area contributed by atoms with E-state index >= 15 is 0 Å². The molecule has 2 heterocycles. The van der Waals surface area contributed by atoms with Crippen LogP contribution in [0.1, 0.15) is 34.6 Å². The molecule has 0 unspecified atom stereocenters. The highest BCUT2D eigenvalue weighted by Gasteiger charge is 2.47. The molecule has 1 aliphatic heterocycles. The molecule has 2 atom stereocenters. The molecular formula is C32H22ClF5N4O3. The summed E-state index contributed by atoms with van der Waals surface area (Å²) in [6.07, 6.45) is -5.04. The summed E-state index contributed by atoms with van der Waals surface area (Å²) in [5, 5.41) is 9.27. The van der Waals surface area contributed by atoms with E-state index in [0.717, 1.165) is 0 Å². The second kappa shape index (κ2) is 12.1. The molecule has 6 rings (SSSR count). The number of amides is 1. The summed E-state index contributed by atoms with van der Waals surface area (Å²) in [5.41, 5.74) is 0.294. The third-order valence-corrected chi connectivity index (χ3v) is 7.31. The number of benzene rings is 4. The number of carbonyl (C=O) groups excluding carboxylic acids is 1. The largest absolute Gasteiger partial charge is 0.457 e. The fraction of sp³-hybridized carbons (Fsp3) is 0.125. The molecule has 4 aromatic carbocycles. The summed E-state index contributed by atoms with van der Waals surface area (Å²) < 4.78 is 81.7. The summed E-state index contributed by atoms with van der Waals surface area (Å²) in [6.45, 7) is 0. The topological polar surface area (TPSA) is 77.4 Å². The Hall–Kier alpha value is -5.10. The predicted octanol–water partition coefficient (Wildman–Crippen LogP) is 9.31. The summed E-state index contributed by atoms with van der Waals surface area (Å²) in [7, 11) is 0. The highest BCUT2D eigenvalue weighted by molar-refractivity contribution is 6.36. The van der Waals surface area contributed by atoms with Crippen LogP contribution in [0.3, 0.4) is 0 Å². The third kappa shape index (κ3) is 6.70. The molecular weight excluding hydrogens is 619 g/mol.